The van der Waals surface area contributed by atoms with E-state index in [0.29, 0.717) is 33.2 Å². The topological polar surface area (TPSA) is 94.2 Å². The Labute approximate surface area is 218 Å². The average molecular weight is 523 g/mol. The van der Waals surface area contributed by atoms with Crippen LogP contribution in [-0.2, 0) is 21.2 Å². The summed E-state index contributed by atoms with van der Waals surface area (Å²) in [5.74, 6) is -2.23. The number of aromatic nitrogens is 3. The van der Waals surface area contributed by atoms with Crippen molar-refractivity contribution in [3.05, 3.63) is 90.0 Å². The van der Waals surface area contributed by atoms with Crippen LogP contribution in [0.2, 0.25) is 0 Å². The summed E-state index contributed by atoms with van der Waals surface area (Å²) in [6.45, 7) is 3.79. The lowest BCUT2D eigenvalue weighted by molar-refractivity contribution is -0.137. The van der Waals surface area contributed by atoms with Crippen molar-refractivity contribution in [2.45, 2.75) is 43.9 Å². The number of rotatable bonds is 8. The van der Waals surface area contributed by atoms with Crippen molar-refractivity contribution in [2.75, 3.05) is 0 Å². The predicted molar refractivity (Wildman–Crippen MR) is 140 cm³/mol. The Morgan fingerprint density at radius 3 is 2.43 bits per heavy atom. The van der Waals surface area contributed by atoms with E-state index in [1.54, 1.807) is 42.5 Å². The van der Waals surface area contributed by atoms with E-state index < -0.39 is 41.0 Å². The molecular weight excluding hydrogens is 493 g/mol. The van der Waals surface area contributed by atoms with Gasteiger partial charge in [0.15, 0.2) is 0 Å². The molecule has 1 N–H and O–H groups in total. The predicted octanol–water partition coefficient (Wildman–Crippen LogP) is 5.89. The van der Waals surface area contributed by atoms with E-state index in [2.05, 4.69) is 5.10 Å². The lowest BCUT2D eigenvalue weighted by Crippen LogP contribution is -2.14. The maximum absolute atomic E-state index is 13.8. The van der Waals surface area contributed by atoms with Gasteiger partial charge in [-0.25, -0.2) is 4.39 Å². The normalized spacial score (nSPS) is 14.5. The van der Waals surface area contributed by atoms with E-state index in [0.717, 1.165) is 4.09 Å². The van der Waals surface area contributed by atoms with Crippen molar-refractivity contribution >= 4 is 37.8 Å². The fourth-order valence-electron chi connectivity index (χ4n) is 4.65. The Bertz CT molecular complexity index is 1850. The van der Waals surface area contributed by atoms with Gasteiger partial charge < -0.3 is 9.67 Å². The van der Waals surface area contributed by atoms with Gasteiger partial charge >= 0.3 is 5.97 Å². The van der Waals surface area contributed by atoms with Crippen LogP contribution in [0.3, 0.4) is 0 Å². The molecule has 0 aliphatic heterocycles. The van der Waals surface area contributed by atoms with Gasteiger partial charge in [0.2, 0.25) is 0 Å². The summed E-state index contributed by atoms with van der Waals surface area (Å²) in [7, 11) is -4.06. The number of benzene rings is 3. The van der Waals surface area contributed by atoms with Crippen LogP contribution < -0.4 is 0 Å². The summed E-state index contributed by atoms with van der Waals surface area (Å²) >= 11 is 0. The van der Waals surface area contributed by atoms with Gasteiger partial charge in [0.05, 0.1) is 22.1 Å². The number of hydrogen-bond donors (Lipinski definition) is 1. The second kappa shape index (κ2) is 9.48. The second-order valence-electron chi connectivity index (χ2n) is 8.93. The fourth-order valence-corrected chi connectivity index (χ4v) is 5.94. The van der Waals surface area contributed by atoms with Crippen molar-refractivity contribution in [1.82, 2.24) is 13.8 Å². The zero-order chi connectivity index (χ0) is 29.0. The first-order valence-electron chi connectivity index (χ1n) is 13.2. The Morgan fingerprint density at radius 2 is 1.78 bits per heavy atom. The summed E-state index contributed by atoms with van der Waals surface area (Å²) in [6, 6.07) is 16.9. The Balaban J connectivity index is 1.85. The molecule has 0 radical (unpaired) electrons. The molecule has 0 fully saturated rings. The van der Waals surface area contributed by atoms with E-state index in [9.17, 15) is 22.7 Å². The van der Waals surface area contributed by atoms with Gasteiger partial charge in [-0.05, 0) is 72.8 Å². The van der Waals surface area contributed by atoms with E-state index in [1.807, 2.05) is 18.4 Å². The summed E-state index contributed by atoms with van der Waals surface area (Å²) in [4.78, 5) is 11.6. The molecule has 0 bridgehead atoms. The highest BCUT2D eigenvalue weighted by Gasteiger charge is 2.25. The van der Waals surface area contributed by atoms with E-state index in [4.69, 9.17) is 4.11 Å². The third kappa shape index (κ3) is 4.40. The molecule has 1 unspecified atom stereocenters. The molecule has 190 valence electrons. The largest absolute Gasteiger partial charge is 0.481 e. The molecule has 9 heteroatoms. The van der Waals surface area contributed by atoms with Crippen LogP contribution in [-0.4, -0.2) is 33.2 Å². The molecule has 37 heavy (non-hydrogen) atoms. The minimum absolute atomic E-state index is 0.0434. The molecule has 7 nitrogen and oxygen atoms in total. The van der Waals surface area contributed by atoms with Crippen molar-refractivity contribution in [2.24, 2.45) is 0 Å². The summed E-state index contributed by atoms with van der Waals surface area (Å²) in [5.41, 5.74) is 2.50. The second-order valence-corrected chi connectivity index (χ2v) is 10.7. The zero-order valence-electron chi connectivity index (χ0n) is 23.1. The molecule has 5 aromatic rings. The van der Waals surface area contributed by atoms with Crippen molar-refractivity contribution in [1.29, 1.82) is 0 Å². The molecule has 0 spiro atoms. The molecule has 0 saturated heterocycles. The molecule has 0 aliphatic carbocycles. The van der Waals surface area contributed by atoms with Crippen molar-refractivity contribution in [3.63, 3.8) is 0 Å². The van der Waals surface area contributed by atoms with Crippen LogP contribution in [0.15, 0.2) is 77.8 Å². The van der Waals surface area contributed by atoms with E-state index >= 15 is 0 Å². The maximum Gasteiger partial charge on any atom is 0.303 e. The lowest BCUT2D eigenvalue weighted by Gasteiger charge is -2.15. The minimum Gasteiger partial charge on any atom is -0.481 e. The number of carboxylic acids is 1. The van der Waals surface area contributed by atoms with Crippen LogP contribution in [0, 0.1) is 5.82 Å². The fraction of sp³-hybridized carbons (Fsp3) is 0.214. The molecule has 1 atom stereocenters. The molecule has 3 aromatic carbocycles. The Kier molecular flexibility index (Phi) is 5.41. The number of hydrogen-bond acceptors (Lipinski definition) is 4. The molecule has 0 aliphatic rings. The van der Waals surface area contributed by atoms with Gasteiger partial charge in [0.1, 0.15) is 5.82 Å². The van der Waals surface area contributed by atoms with Crippen LogP contribution in [0.1, 0.15) is 47.9 Å². The summed E-state index contributed by atoms with van der Waals surface area (Å²) in [5, 5.41) is 14.5. The number of aliphatic carboxylic acids is 1. The average Bonchev–Trinajstić information content (AvgIpc) is 3.47. The maximum atomic E-state index is 13.8. The zero-order valence-corrected chi connectivity index (χ0v) is 20.9. The summed E-state index contributed by atoms with van der Waals surface area (Å²) < 4.78 is 68.4. The number of carboxylic acid groups (broad SMARTS) is 1. The Morgan fingerprint density at radius 1 is 1.08 bits per heavy atom. The smallest absolute Gasteiger partial charge is 0.303 e. The molecule has 5 rings (SSSR count). The lowest BCUT2D eigenvalue weighted by atomic mass is 9.98. The van der Waals surface area contributed by atoms with Crippen molar-refractivity contribution in [3.8, 4) is 5.69 Å². The van der Waals surface area contributed by atoms with Crippen LogP contribution in [0.4, 0.5) is 4.39 Å². The number of carbonyl (C=O) groups is 1. The van der Waals surface area contributed by atoms with Gasteiger partial charge in [-0.2, -0.15) is 17.6 Å². The molecule has 0 amide bonds. The third-order valence-electron chi connectivity index (χ3n) is 6.17. The third-order valence-corrected chi connectivity index (χ3v) is 7.79. The highest BCUT2D eigenvalue weighted by atomic mass is 32.2. The highest BCUT2D eigenvalue weighted by molar-refractivity contribution is 7.90. The highest BCUT2D eigenvalue weighted by Crippen LogP contribution is 2.38. The van der Waals surface area contributed by atoms with Gasteiger partial charge in [0.25, 0.3) is 10.0 Å². The minimum atomic E-state index is -4.06. The summed E-state index contributed by atoms with van der Waals surface area (Å²) in [6.07, 6.45) is -3.50. The number of nitrogens with zero attached hydrogens (tertiary/aromatic N) is 3. The quantitative estimate of drug-likeness (QED) is 0.274. The number of fused-ring (bicyclic) bond motifs is 2. The molecular formula is C28H26FN3O4S. The van der Waals surface area contributed by atoms with Gasteiger partial charge in [0, 0.05) is 32.7 Å². The first-order chi connectivity index (χ1) is 18.8. The monoisotopic (exact) mass is 522 g/mol. The first kappa shape index (κ1) is 21.1. The standard InChI is InChI=1S/C28H26FN3O4S/c1-18(2)28-23(9-6-10-27(33)34)24-16-25-19(15-26(24)31(28)21-13-11-20(29)12-14-21)17-30-32(25)37(35,36)22-7-4-3-5-8-22/h3-5,7-8,11-18H,6,9-10H2,1-2H3,(H,33,34)/i6D2,10D. The Hall–Kier alpha value is -3.98. The molecule has 2 aromatic heterocycles. The van der Waals surface area contributed by atoms with Crippen LogP contribution in [0.25, 0.3) is 27.5 Å². The van der Waals surface area contributed by atoms with Crippen molar-refractivity contribution < 1.29 is 26.8 Å². The van der Waals surface area contributed by atoms with Gasteiger partial charge in [-0.3, -0.25) is 4.79 Å². The number of aryl methyl sites for hydroxylation is 1. The van der Waals surface area contributed by atoms with Crippen LogP contribution >= 0.6 is 0 Å². The molecule has 0 saturated carbocycles. The SMILES string of the molecule is [2H]C(C(=O)O)C([2H])([2H])Cc1c(C(C)C)n(-c2ccc(F)cc2)c2cc3cnn(S(=O)(=O)c4ccccc4)c3cc12. The van der Waals surface area contributed by atoms with E-state index in [1.165, 1.54) is 30.5 Å². The first-order valence-corrected chi connectivity index (χ1v) is 13.0. The number of halogens is 1. The molecule has 2 heterocycles. The van der Waals surface area contributed by atoms with Gasteiger partial charge in [-0.1, -0.05) is 32.0 Å². The van der Waals surface area contributed by atoms with Crippen LogP contribution in [0.5, 0.6) is 0 Å². The van der Waals surface area contributed by atoms with E-state index in [-0.39, 0.29) is 16.3 Å². The van der Waals surface area contributed by atoms with Gasteiger partial charge in [-0.15, -0.1) is 0 Å².